The van der Waals surface area contributed by atoms with Gasteiger partial charge in [0.05, 0.1) is 40.3 Å². The number of rotatable bonds is 35. The number of hydrogen-bond donors (Lipinski definition) is 0. The molecule has 0 saturated carbocycles. The highest BCUT2D eigenvalue weighted by molar-refractivity contribution is 5.70. The van der Waals surface area contributed by atoms with Gasteiger partial charge in [0.2, 0.25) is 0 Å². The third kappa shape index (κ3) is 31.5. The summed E-state index contributed by atoms with van der Waals surface area (Å²) in [5, 5.41) is 11.6. The lowest BCUT2D eigenvalue weighted by Crippen LogP contribution is -2.55. The Morgan fingerprint density at radius 1 is 0.600 bits per heavy atom. The standard InChI is InChI=1S/C42H75NO7/c1-6-8-10-12-14-16-18-19-20-21-23-24-26-28-30-32-40(44)49-37-38(36-48-35-34-39(42(46)47)43(3,4)5)50-41(45)33-31-29-27-25-22-17-15-13-11-9-7-2/h13,15-18,22,38-39H,6-12,14,19-21,23-37H2,1-5H3/b15-13+,18-16+,22-17+. The Hall–Kier alpha value is -2.45. The van der Waals surface area contributed by atoms with E-state index in [1.54, 1.807) is 21.1 Å². The average Bonchev–Trinajstić information content (AvgIpc) is 3.06. The second-order valence-electron chi connectivity index (χ2n) is 14.5. The second kappa shape index (κ2) is 33.7. The molecule has 0 amide bonds. The van der Waals surface area contributed by atoms with Gasteiger partial charge in [0, 0.05) is 19.3 Å². The summed E-state index contributed by atoms with van der Waals surface area (Å²) < 4.78 is 17.1. The van der Waals surface area contributed by atoms with Gasteiger partial charge in [-0.05, 0) is 57.8 Å². The number of ether oxygens (including phenoxy) is 3. The van der Waals surface area contributed by atoms with E-state index >= 15 is 0 Å². The van der Waals surface area contributed by atoms with Crippen LogP contribution in [0.2, 0.25) is 0 Å². The third-order valence-corrected chi connectivity index (χ3v) is 8.78. The number of esters is 2. The van der Waals surface area contributed by atoms with E-state index in [1.165, 1.54) is 77.0 Å². The van der Waals surface area contributed by atoms with E-state index in [9.17, 15) is 19.5 Å². The summed E-state index contributed by atoms with van der Waals surface area (Å²) >= 11 is 0. The minimum absolute atomic E-state index is 0.0290. The predicted octanol–water partition coefficient (Wildman–Crippen LogP) is 8.96. The van der Waals surface area contributed by atoms with Crippen molar-refractivity contribution in [2.24, 2.45) is 0 Å². The molecule has 0 aliphatic heterocycles. The maximum atomic E-state index is 12.6. The fourth-order valence-corrected chi connectivity index (χ4v) is 5.57. The van der Waals surface area contributed by atoms with Crippen LogP contribution < -0.4 is 5.11 Å². The Morgan fingerprint density at radius 3 is 1.64 bits per heavy atom. The number of quaternary nitrogens is 1. The average molecular weight is 706 g/mol. The Kier molecular flexibility index (Phi) is 32.0. The van der Waals surface area contributed by atoms with Crippen LogP contribution in [0.15, 0.2) is 36.5 Å². The van der Waals surface area contributed by atoms with Gasteiger partial charge < -0.3 is 28.6 Å². The lowest BCUT2D eigenvalue weighted by molar-refractivity contribution is -0.889. The zero-order valence-corrected chi connectivity index (χ0v) is 32.8. The molecular weight excluding hydrogens is 630 g/mol. The molecule has 8 nitrogen and oxygen atoms in total. The number of likely N-dealkylation sites (N-methyl/N-ethyl adjacent to an activating group) is 1. The van der Waals surface area contributed by atoms with Crippen LogP contribution in [0.5, 0.6) is 0 Å². The monoisotopic (exact) mass is 706 g/mol. The number of unbranched alkanes of at least 4 members (excludes halogenated alkanes) is 16. The van der Waals surface area contributed by atoms with Crippen LogP contribution in [0, 0.1) is 0 Å². The highest BCUT2D eigenvalue weighted by Gasteiger charge is 2.25. The van der Waals surface area contributed by atoms with E-state index in [-0.39, 0.29) is 49.1 Å². The quantitative estimate of drug-likeness (QED) is 0.0213. The maximum absolute atomic E-state index is 12.6. The molecule has 0 aliphatic rings. The summed E-state index contributed by atoms with van der Waals surface area (Å²) in [5.41, 5.74) is 0. The number of carbonyl (C=O) groups is 3. The molecule has 0 aromatic rings. The molecule has 290 valence electrons. The normalized spacial score (nSPS) is 13.4. The molecule has 0 radical (unpaired) electrons. The first-order chi connectivity index (χ1) is 24.1. The van der Waals surface area contributed by atoms with Crippen molar-refractivity contribution in [2.45, 2.75) is 174 Å². The number of carbonyl (C=O) groups excluding carboxylic acids is 3. The van der Waals surface area contributed by atoms with Crippen molar-refractivity contribution in [3.8, 4) is 0 Å². The topological polar surface area (TPSA) is 102 Å². The van der Waals surface area contributed by atoms with Gasteiger partial charge in [0.25, 0.3) is 0 Å². The fourth-order valence-electron chi connectivity index (χ4n) is 5.57. The summed E-state index contributed by atoms with van der Waals surface area (Å²) in [6.07, 6.45) is 36.0. The summed E-state index contributed by atoms with van der Waals surface area (Å²) in [4.78, 5) is 36.7. The van der Waals surface area contributed by atoms with Gasteiger partial charge in [0.15, 0.2) is 6.10 Å². The first-order valence-electron chi connectivity index (χ1n) is 20.0. The number of allylic oxidation sites excluding steroid dienone is 6. The van der Waals surface area contributed by atoms with E-state index in [0.717, 1.165) is 51.4 Å². The molecule has 0 fully saturated rings. The van der Waals surface area contributed by atoms with Crippen molar-refractivity contribution in [1.82, 2.24) is 0 Å². The van der Waals surface area contributed by atoms with Crippen LogP contribution >= 0.6 is 0 Å². The van der Waals surface area contributed by atoms with Crippen LogP contribution in [-0.2, 0) is 28.6 Å². The number of nitrogens with zero attached hydrogens (tertiary/aromatic N) is 1. The van der Waals surface area contributed by atoms with E-state index in [4.69, 9.17) is 14.2 Å². The van der Waals surface area contributed by atoms with Gasteiger partial charge in [-0.1, -0.05) is 121 Å². The smallest absolute Gasteiger partial charge is 0.306 e. The van der Waals surface area contributed by atoms with Gasteiger partial charge in [-0.15, -0.1) is 0 Å². The van der Waals surface area contributed by atoms with Crippen molar-refractivity contribution in [2.75, 3.05) is 41.0 Å². The van der Waals surface area contributed by atoms with E-state index in [0.29, 0.717) is 6.42 Å². The molecule has 0 aliphatic carbocycles. The van der Waals surface area contributed by atoms with E-state index < -0.39 is 18.1 Å². The highest BCUT2D eigenvalue weighted by atomic mass is 16.6. The summed E-state index contributed by atoms with van der Waals surface area (Å²) in [6, 6.07) is -0.729. The van der Waals surface area contributed by atoms with Crippen molar-refractivity contribution < 1.29 is 38.2 Å². The zero-order valence-electron chi connectivity index (χ0n) is 32.8. The van der Waals surface area contributed by atoms with Crippen molar-refractivity contribution in [1.29, 1.82) is 0 Å². The molecule has 0 bridgehead atoms. The molecule has 0 spiro atoms. The lowest BCUT2D eigenvalue weighted by Gasteiger charge is -2.34. The Labute approximate surface area is 306 Å². The van der Waals surface area contributed by atoms with Crippen LogP contribution in [0.4, 0.5) is 0 Å². The number of carboxylic acids is 1. The molecule has 50 heavy (non-hydrogen) atoms. The van der Waals surface area contributed by atoms with Gasteiger partial charge in [-0.25, -0.2) is 0 Å². The molecule has 0 aromatic carbocycles. The molecule has 0 rings (SSSR count). The lowest BCUT2D eigenvalue weighted by atomic mass is 10.1. The van der Waals surface area contributed by atoms with E-state index in [2.05, 4.69) is 50.3 Å². The summed E-state index contributed by atoms with van der Waals surface area (Å²) in [5.74, 6) is -1.78. The van der Waals surface area contributed by atoms with Gasteiger partial charge >= 0.3 is 11.9 Å². The van der Waals surface area contributed by atoms with Crippen LogP contribution in [0.3, 0.4) is 0 Å². The Morgan fingerprint density at radius 2 is 1.08 bits per heavy atom. The van der Waals surface area contributed by atoms with Crippen molar-refractivity contribution >= 4 is 17.9 Å². The predicted molar refractivity (Wildman–Crippen MR) is 203 cm³/mol. The largest absolute Gasteiger partial charge is 0.544 e. The van der Waals surface area contributed by atoms with Crippen molar-refractivity contribution in [3.63, 3.8) is 0 Å². The van der Waals surface area contributed by atoms with Gasteiger partial charge in [-0.2, -0.15) is 0 Å². The first-order valence-corrected chi connectivity index (χ1v) is 20.0. The minimum atomic E-state index is -1.13. The van der Waals surface area contributed by atoms with Crippen LogP contribution in [0.25, 0.3) is 0 Å². The summed E-state index contributed by atoms with van der Waals surface area (Å²) in [6.45, 7) is 4.55. The maximum Gasteiger partial charge on any atom is 0.306 e. The van der Waals surface area contributed by atoms with Gasteiger partial charge in [0.1, 0.15) is 12.6 Å². The Bertz CT molecular complexity index is 922. The number of aliphatic carboxylic acids is 1. The zero-order chi connectivity index (χ0) is 37.1. The minimum Gasteiger partial charge on any atom is -0.544 e. The molecule has 8 heteroatoms. The molecular formula is C42H75NO7. The SMILES string of the molecule is CCCC/C=C/C=C/CCCCCC(=O)OC(COCCC(C(=O)[O-])[N+](C)(C)C)COC(=O)CCCCCCCCC/C=C/CCCCCC. The molecule has 0 aromatic heterocycles. The van der Waals surface area contributed by atoms with Crippen molar-refractivity contribution in [3.05, 3.63) is 36.5 Å². The molecule has 0 heterocycles. The molecule has 0 saturated heterocycles. The molecule has 0 N–H and O–H groups in total. The highest BCUT2D eigenvalue weighted by Crippen LogP contribution is 2.13. The molecule has 2 atom stereocenters. The van der Waals surface area contributed by atoms with Gasteiger partial charge in [-0.3, -0.25) is 9.59 Å². The fraction of sp³-hybridized carbons (Fsp3) is 0.786. The van der Waals surface area contributed by atoms with E-state index in [1.807, 2.05) is 0 Å². The van der Waals surface area contributed by atoms with Crippen LogP contribution in [-0.4, -0.2) is 75.5 Å². The summed E-state index contributed by atoms with van der Waals surface area (Å²) in [7, 11) is 5.38. The Balaban J connectivity index is 4.42. The molecule has 2 unspecified atom stereocenters. The number of carboxylic acid groups (broad SMARTS) is 1. The number of hydrogen-bond acceptors (Lipinski definition) is 7. The van der Waals surface area contributed by atoms with Crippen LogP contribution in [0.1, 0.15) is 162 Å². The third-order valence-electron chi connectivity index (χ3n) is 8.78. The second-order valence-corrected chi connectivity index (χ2v) is 14.5. The first kappa shape index (κ1) is 47.5.